The lowest BCUT2D eigenvalue weighted by Gasteiger charge is -2.04. The molecule has 0 atom stereocenters. The molecule has 0 unspecified atom stereocenters. The minimum absolute atomic E-state index is 0.701. The van der Waals surface area contributed by atoms with Crippen LogP contribution in [0.25, 0.3) is 0 Å². The molecule has 0 aliphatic heterocycles. The average molecular weight is 248 g/mol. The molecule has 0 bridgehead atoms. The van der Waals surface area contributed by atoms with Crippen LogP contribution in [0.1, 0.15) is 29.8 Å². The number of thioether (sulfide) groups is 1. The van der Waals surface area contributed by atoms with Gasteiger partial charge in [-0.25, -0.2) is 0 Å². The van der Waals surface area contributed by atoms with Crippen LogP contribution in [0.15, 0.2) is 27.5 Å². The van der Waals surface area contributed by atoms with E-state index >= 15 is 0 Å². The number of aryl methyl sites for hydroxylation is 3. The van der Waals surface area contributed by atoms with Crippen LogP contribution in [-0.4, -0.2) is 10.2 Å². The fourth-order valence-electron chi connectivity index (χ4n) is 1.59. The fraction of sp³-hybridized carbons (Fsp3) is 0.385. The molecule has 1 heterocycles. The Morgan fingerprint density at radius 2 is 1.94 bits per heavy atom. The summed E-state index contributed by atoms with van der Waals surface area (Å²) in [6.07, 6.45) is 0.793. The number of benzene rings is 1. The van der Waals surface area contributed by atoms with Gasteiger partial charge < -0.3 is 4.42 Å². The van der Waals surface area contributed by atoms with Crippen molar-refractivity contribution < 1.29 is 4.42 Å². The predicted octanol–water partition coefficient (Wildman–Crippen LogP) is 3.54. The van der Waals surface area contributed by atoms with Gasteiger partial charge in [0.1, 0.15) is 0 Å². The maximum Gasteiger partial charge on any atom is 0.226 e. The second-order valence-corrected chi connectivity index (χ2v) is 5.02. The highest BCUT2D eigenvalue weighted by Crippen LogP contribution is 2.26. The summed E-state index contributed by atoms with van der Waals surface area (Å²) < 4.78 is 5.48. The van der Waals surface area contributed by atoms with E-state index < -0.39 is 0 Å². The Bertz CT molecular complexity index is 508. The van der Waals surface area contributed by atoms with E-state index in [1.54, 1.807) is 11.8 Å². The smallest absolute Gasteiger partial charge is 0.226 e. The maximum atomic E-state index is 5.48. The average Bonchev–Trinajstić information content (AvgIpc) is 2.76. The molecule has 0 aliphatic carbocycles. The van der Waals surface area contributed by atoms with E-state index in [1.807, 2.05) is 6.92 Å². The molecule has 1 aromatic carbocycles. The van der Waals surface area contributed by atoms with Crippen molar-refractivity contribution in [1.82, 2.24) is 10.2 Å². The van der Waals surface area contributed by atoms with E-state index in [9.17, 15) is 0 Å². The zero-order valence-electron chi connectivity index (χ0n) is 10.4. The van der Waals surface area contributed by atoms with Crippen molar-refractivity contribution in [2.45, 2.75) is 37.8 Å². The topological polar surface area (TPSA) is 38.9 Å². The SMILES string of the molecule is CCc1nnc(CSc2ccc(C)cc2C)o1. The molecule has 2 rings (SSSR count). The standard InChI is InChI=1S/C13H16N2OS/c1-4-12-14-15-13(16-12)8-17-11-6-5-9(2)7-10(11)3/h5-7H,4,8H2,1-3H3. The first kappa shape index (κ1) is 12.2. The van der Waals surface area contributed by atoms with Crippen LogP contribution in [0, 0.1) is 13.8 Å². The van der Waals surface area contributed by atoms with Crippen LogP contribution in [-0.2, 0) is 12.2 Å². The van der Waals surface area contributed by atoms with Gasteiger partial charge in [-0.15, -0.1) is 22.0 Å². The van der Waals surface area contributed by atoms with Gasteiger partial charge in [0.25, 0.3) is 0 Å². The van der Waals surface area contributed by atoms with Gasteiger partial charge in [0.15, 0.2) is 0 Å². The monoisotopic (exact) mass is 248 g/mol. The van der Waals surface area contributed by atoms with Crippen LogP contribution in [0.2, 0.25) is 0 Å². The quantitative estimate of drug-likeness (QED) is 0.776. The predicted molar refractivity (Wildman–Crippen MR) is 69.2 cm³/mol. The molecular formula is C13H16N2OS. The first-order chi connectivity index (χ1) is 8.19. The molecule has 0 amide bonds. The molecule has 0 aliphatic rings. The summed E-state index contributed by atoms with van der Waals surface area (Å²) in [5.74, 6) is 2.14. The third kappa shape index (κ3) is 3.09. The molecule has 2 aromatic rings. The molecule has 0 radical (unpaired) electrons. The molecule has 0 saturated carbocycles. The molecule has 3 nitrogen and oxygen atoms in total. The van der Waals surface area contributed by atoms with Gasteiger partial charge in [0.05, 0.1) is 5.75 Å². The van der Waals surface area contributed by atoms with Crippen molar-refractivity contribution in [1.29, 1.82) is 0 Å². The largest absolute Gasteiger partial charge is 0.424 e. The van der Waals surface area contributed by atoms with Gasteiger partial charge in [0.2, 0.25) is 11.8 Å². The Labute approximate surface area is 106 Å². The highest BCUT2D eigenvalue weighted by molar-refractivity contribution is 7.98. The summed E-state index contributed by atoms with van der Waals surface area (Å²) in [7, 11) is 0. The molecule has 0 spiro atoms. The number of hydrogen-bond acceptors (Lipinski definition) is 4. The molecule has 1 aromatic heterocycles. The van der Waals surface area contributed by atoms with Crippen molar-refractivity contribution in [3.63, 3.8) is 0 Å². The minimum atomic E-state index is 0.701. The lowest BCUT2D eigenvalue weighted by molar-refractivity contribution is 0.470. The van der Waals surface area contributed by atoms with E-state index in [2.05, 4.69) is 42.2 Å². The van der Waals surface area contributed by atoms with Crippen LogP contribution in [0.4, 0.5) is 0 Å². The number of rotatable bonds is 4. The van der Waals surface area contributed by atoms with Gasteiger partial charge in [-0.1, -0.05) is 24.6 Å². The number of nitrogens with zero attached hydrogens (tertiary/aromatic N) is 2. The fourth-order valence-corrected chi connectivity index (χ4v) is 2.44. The van der Waals surface area contributed by atoms with Crippen molar-refractivity contribution in [3.8, 4) is 0 Å². The van der Waals surface area contributed by atoms with Gasteiger partial charge in [0, 0.05) is 11.3 Å². The van der Waals surface area contributed by atoms with Crippen molar-refractivity contribution in [2.75, 3.05) is 0 Å². The van der Waals surface area contributed by atoms with Crippen molar-refractivity contribution in [2.24, 2.45) is 0 Å². The third-order valence-corrected chi connectivity index (χ3v) is 3.65. The van der Waals surface area contributed by atoms with Gasteiger partial charge >= 0.3 is 0 Å². The van der Waals surface area contributed by atoms with Crippen LogP contribution >= 0.6 is 11.8 Å². The lowest BCUT2D eigenvalue weighted by atomic mass is 10.2. The van der Waals surface area contributed by atoms with E-state index in [-0.39, 0.29) is 0 Å². The Hall–Kier alpha value is -1.29. The summed E-state index contributed by atoms with van der Waals surface area (Å²) in [4.78, 5) is 1.27. The minimum Gasteiger partial charge on any atom is -0.424 e. The Morgan fingerprint density at radius 1 is 1.18 bits per heavy atom. The van der Waals surface area contributed by atoms with E-state index in [0.29, 0.717) is 11.8 Å². The Morgan fingerprint density at radius 3 is 2.59 bits per heavy atom. The van der Waals surface area contributed by atoms with E-state index in [1.165, 1.54) is 16.0 Å². The molecule has 4 heteroatoms. The van der Waals surface area contributed by atoms with Crippen LogP contribution in [0.3, 0.4) is 0 Å². The van der Waals surface area contributed by atoms with Crippen LogP contribution < -0.4 is 0 Å². The molecule has 0 N–H and O–H groups in total. The molecule has 90 valence electrons. The highest BCUT2D eigenvalue weighted by Gasteiger charge is 2.06. The first-order valence-corrected chi connectivity index (χ1v) is 6.69. The summed E-state index contributed by atoms with van der Waals surface area (Å²) in [5, 5.41) is 7.97. The lowest BCUT2D eigenvalue weighted by Crippen LogP contribution is -1.84. The maximum absolute atomic E-state index is 5.48. The molecular weight excluding hydrogens is 232 g/mol. The summed E-state index contributed by atoms with van der Waals surface area (Å²) in [6.45, 7) is 6.24. The Kier molecular flexibility index (Phi) is 3.84. The summed E-state index contributed by atoms with van der Waals surface area (Å²) in [5.41, 5.74) is 2.59. The van der Waals surface area contributed by atoms with E-state index in [0.717, 1.165) is 12.2 Å². The zero-order chi connectivity index (χ0) is 12.3. The highest BCUT2D eigenvalue weighted by atomic mass is 32.2. The normalized spacial score (nSPS) is 10.8. The molecule has 17 heavy (non-hydrogen) atoms. The second-order valence-electron chi connectivity index (χ2n) is 4.00. The first-order valence-electron chi connectivity index (χ1n) is 5.70. The number of hydrogen-bond donors (Lipinski definition) is 0. The molecule has 0 fully saturated rings. The molecule has 0 saturated heterocycles. The van der Waals surface area contributed by atoms with Gasteiger partial charge in [-0.3, -0.25) is 0 Å². The zero-order valence-corrected chi connectivity index (χ0v) is 11.2. The van der Waals surface area contributed by atoms with Gasteiger partial charge in [-0.2, -0.15) is 0 Å². The third-order valence-electron chi connectivity index (χ3n) is 2.49. The summed E-state index contributed by atoms with van der Waals surface area (Å²) in [6, 6.07) is 6.46. The van der Waals surface area contributed by atoms with E-state index in [4.69, 9.17) is 4.42 Å². The number of aromatic nitrogens is 2. The second kappa shape index (κ2) is 5.36. The van der Waals surface area contributed by atoms with Gasteiger partial charge in [-0.05, 0) is 25.5 Å². The summed E-state index contributed by atoms with van der Waals surface area (Å²) >= 11 is 1.74. The van der Waals surface area contributed by atoms with Crippen molar-refractivity contribution in [3.05, 3.63) is 41.1 Å². The van der Waals surface area contributed by atoms with Crippen molar-refractivity contribution >= 4 is 11.8 Å². The van der Waals surface area contributed by atoms with Crippen LogP contribution in [0.5, 0.6) is 0 Å². The Balaban J connectivity index is 2.02.